The lowest BCUT2D eigenvalue weighted by Crippen LogP contribution is -2.71. The smallest absolute Gasteiger partial charge is 0.206 e. The Kier molecular flexibility index (Phi) is 5.12. The maximum atomic E-state index is 14.2. The lowest BCUT2D eigenvalue weighted by Gasteiger charge is -2.61. The molecule has 1 aromatic carbocycles. The van der Waals surface area contributed by atoms with Crippen molar-refractivity contribution in [3.8, 4) is 5.75 Å². The summed E-state index contributed by atoms with van der Waals surface area (Å²) >= 11 is 0. The van der Waals surface area contributed by atoms with E-state index in [1.54, 1.807) is 19.9 Å². The van der Waals surface area contributed by atoms with Gasteiger partial charge in [0.2, 0.25) is 11.6 Å². The van der Waals surface area contributed by atoms with Gasteiger partial charge in [0.15, 0.2) is 11.4 Å². The Morgan fingerprint density at radius 1 is 1.09 bits per heavy atom. The molecule has 6 nitrogen and oxygen atoms in total. The Labute approximate surface area is 200 Å². The van der Waals surface area contributed by atoms with Crippen molar-refractivity contribution in [2.75, 3.05) is 0 Å². The number of Topliss-reactive ketones (excluding diaryl/α,β-unsaturated/α-hetero) is 3. The molecule has 0 aromatic heterocycles. The molecule has 3 aliphatic carbocycles. The van der Waals surface area contributed by atoms with Crippen molar-refractivity contribution in [3.05, 3.63) is 45.5 Å². The lowest BCUT2D eigenvalue weighted by molar-refractivity contribution is -0.181. The molecule has 6 heteroatoms. The maximum Gasteiger partial charge on any atom is 0.206 e. The van der Waals surface area contributed by atoms with Gasteiger partial charge in [-0.2, -0.15) is 0 Å². The number of aryl methyl sites for hydroxylation is 1. The number of ketones is 3. The molecule has 0 radical (unpaired) electrons. The van der Waals surface area contributed by atoms with Crippen LogP contribution in [0.1, 0.15) is 77.5 Å². The predicted octanol–water partition coefficient (Wildman–Crippen LogP) is 4.56. The van der Waals surface area contributed by atoms with E-state index in [4.69, 9.17) is 0 Å². The van der Waals surface area contributed by atoms with Crippen molar-refractivity contribution < 1.29 is 29.7 Å². The Morgan fingerprint density at radius 3 is 2.21 bits per heavy atom. The number of fused-ring (bicyclic) bond motifs is 3. The number of aliphatic hydroxyl groups excluding tert-OH is 1. The molecular weight excluding hydrogens is 432 g/mol. The second kappa shape index (κ2) is 7.14. The number of aliphatic hydroxyl groups is 2. The third-order valence-electron chi connectivity index (χ3n) is 9.11. The van der Waals surface area contributed by atoms with Gasteiger partial charge >= 0.3 is 0 Å². The number of aromatic hydroxyl groups is 1. The highest BCUT2D eigenvalue weighted by Gasteiger charge is 2.72. The number of allylic oxidation sites excluding steroid dienone is 1. The molecule has 4 rings (SSSR count). The molecule has 3 N–H and O–H groups in total. The normalized spacial score (nSPS) is 35.4. The molecule has 0 spiro atoms. The number of phenols is 1. The molecule has 34 heavy (non-hydrogen) atoms. The molecule has 182 valence electrons. The van der Waals surface area contributed by atoms with Gasteiger partial charge in [-0.15, -0.1) is 0 Å². The second-order valence-corrected chi connectivity index (χ2v) is 11.4. The molecule has 3 aliphatic rings. The molecule has 1 saturated carbocycles. The van der Waals surface area contributed by atoms with Gasteiger partial charge in [0.25, 0.3) is 0 Å². The minimum absolute atomic E-state index is 0.0494. The van der Waals surface area contributed by atoms with Crippen molar-refractivity contribution in [2.45, 2.75) is 73.3 Å². The van der Waals surface area contributed by atoms with E-state index in [-0.39, 0.29) is 40.7 Å². The Bertz CT molecular complexity index is 1230. The first-order valence-electron chi connectivity index (χ1n) is 11.9. The molecule has 0 amide bonds. The summed E-state index contributed by atoms with van der Waals surface area (Å²) in [5, 5.41) is 34.1. The summed E-state index contributed by atoms with van der Waals surface area (Å²) in [6.45, 7) is 14.5. The third kappa shape index (κ3) is 2.58. The summed E-state index contributed by atoms with van der Waals surface area (Å²) in [6, 6.07) is 3.25. The van der Waals surface area contributed by atoms with E-state index in [1.807, 2.05) is 34.6 Å². The van der Waals surface area contributed by atoms with Crippen LogP contribution in [0.25, 0.3) is 5.76 Å². The monoisotopic (exact) mass is 466 g/mol. The van der Waals surface area contributed by atoms with Crippen LogP contribution in [0.4, 0.5) is 0 Å². The van der Waals surface area contributed by atoms with Gasteiger partial charge in [-0.05, 0) is 62.1 Å². The molecule has 0 saturated heterocycles. The van der Waals surface area contributed by atoms with Crippen LogP contribution in [-0.2, 0) is 14.4 Å². The van der Waals surface area contributed by atoms with Crippen molar-refractivity contribution in [2.24, 2.45) is 22.7 Å². The van der Waals surface area contributed by atoms with Crippen LogP contribution >= 0.6 is 0 Å². The first-order valence-corrected chi connectivity index (χ1v) is 11.9. The second-order valence-electron chi connectivity index (χ2n) is 11.4. The summed E-state index contributed by atoms with van der Waals surface area (Å²) < 4.78 is 0. The quantitative estimate of drug-likeness (QED) is 0.435. The van der Waals surface area contributed by atoms with Crippen LogP contribution in [0.5, 0.6) is 5.75 Å². The van der Waals surface area contributed by atoms with E-state index in [2.05, 4.69) is 0 Å². The fraction of sp³-hybridized carbons (Fsp3) is 0.536. The minimum Gasteiger partial charge on any atom is -0.507 e. The molecule has 0 heterocycles. The number of benzene rings is 1. The van der Waals surface area contributed by atoms with E-state index in [0.717, 1.165) is 11.1 Å². The zero-order valence-electron chi connectivity index (χ0n) is 21.2. The Hall–Kier alpha value is -2.73. The average molecular weight is 467 g/mol. The standard InChI is InChI=1S/C28H34O6/c1-12(2)21-14(4)19(16(6)29)24(32)28(34)25(33)22-23(31)20-17(30)10-9-13(3)18(20)15(5)26(22,7)11-27(21,28)8/h9-10,12,15,21,30-31,34H,11H2,1-8H3/t15?,21-,26-,27+,28-/m1/s1. The number of hydrogen-bond donors (Lipinski definition) is 3. The molecule has 1 aromatic rings. The zero-order chi connectivity index (χ0) is 25.7. The highest BCUT2D eigenvalue weighted by Crippen LogP contribution is 2.67. The number of carbonyl (C=O) groups is 3. The van der Waals surface area contributed by atoms with Crippen LogP contribution in [-0.4, -0.2) is 38.3 Å². The van der Waals surface area contributed by atoms with Gasteiger partial charge in [-0.1, -0.05) is 46.3 Å². The Balaban J connectivity index is 2.12. The molecule has 1 unspecified atom stereocenters. The zero-order valence-corrected chi connectivity index (χ0v) is 21.2. The van der Waals surface area contributed by atoms with Crippen LogP contribution < -0.4 is 0 Å². The number of phenolic OH excluding ortho intramolecular Hbond substituents is 1. The summed E-state index contributed by atoms with van der Waals surface area (Å²) in [4.78, 5) is 40.5. The topological polar surface area (TPSA) is 112 Å². The van der Waals surface area contributed by atoms with Gasteiger partial charge in [-0.25, -0.2) is 0 Å². The molecule has 1 fully saturated rings. The average Bonchev–Trinajstić information content (AvgIpc) is 2.70. The van der Waals surface area contributed by atoms with E-state index in [1.165, 1.54) is 13.0 Å². The van der Waals surface area contributed by atoms with Crippen molar-refractivity contribution in [1.82, 2.24) is 0 Å². The van der Waals surface area contributed by atoms with Gasteiger partial charge in [0.1, 0.15) is 11.5 Å². The SMILES string of the molecule is CC(=O)C1=C(C)[C@@H](C(C)C)[C@]2(C)C[C@@]3(C)C(=C(O)c4c(O)ccc(C)c4C3C)C(=O)[C@]2(O)C1=O. The molecule has 5 atom stereocenters. The predicted molar refractivity (Wildman–Crippen MR) is 128 cm³/mol. The summed E-state index contributed by atoms with van der Waals surface area (Å²) in [7, 11) is 0. The molecule has 0 aliphatic heterocycles. The minimum atomic E-state index is -2.50. The van der Waals surface area contributed by atoms with Crippen molar-refractivity contribution in [1.29, 1.82) is 0 Å². The maximum absolute atomic E-state index is 14.2. The highest BCUT2D eigenvalue weighted by molar-refractivity contribution is 6.33. The lowest BCUT2D eigenvalue weighted by atomic mass is 9.41. The summed E-state index contributed by atoms with van der Waals surface area (Å²) in [5.41, 5.74) is -2.38. The number of carbonyl (C=O) groups excluding carboxylic acids is 3. The van der Waals surface area contributed by atoms with E-state index >= 15 is 0 Å². The van der Waals surface area contributed by atoms with E-state index in [9.17, 15) is 29.7 Å². The first-order chi connectivity index (χ1) is 15.6. The summed E-state index contributed by atoms with van der Waals surface area (Å²) in [5.74, 6) is -3.57. The number of hydrogen-bond acceptors (Lipinski definition) is 6. The van der Waals surface area contributed by atoms with Crippen LogP contribution in [0, 0.1) is 29.6 Å². The molecule has 0 bridgehead atoms. The van der Waals surface area contributed by atoms with Crippen molar-refractivity contribution in [3.63, 3.8) is 0 Å². The van der Waals surface area contributed by atoms with Crippen LogP contribution in [0.3, 0.4) is 0 Å². The van der Waals surface area contributed by atoms with E-state index < -0.39 is 45.5 Å². The van der Waals surface area contributed by atoms with Gasteiger partial charge < -0.3 is 15.3 Å². The van der Waals surface area contributed by atoms with Gasteiger partial charge in [-0.3, -0.25) is 14.4 Å². The highest BCUT2D eigenvalue weighted by atomic mass is 16.3. The first kappa shape index (κ1) is 24.4. The summed E-state index contributed by atoms with van der Waals surface area (Å²) in [6.07, 6.45) is 0.244. The fourth-order valence-electron chi connectivity index (χ4n) is 7.75. The van der Waals surface area contributed by atoms with E-state index in [0.29, 0.717) is 5.57 Å². The van der Waals surface area contributed by atoms with Gasteiger partial charge in [0.05, 0.1) is 11.1 Å². The molecular formula is C28H34O6. The van der Waals surface area contributed by atoms with Crippen LogP contribution in [0.2, 0.25) is 0 Å². The van der Waals surface area contributed by atoms with Crippen molar-refractivity contribution >= 4 is 23.1 Å². The van der Waals surface area contributed by atoms with Gasteiger partial charge in [0, 0.05) is 16.4 Å². The Morgan fingerprint density at radius 2 is 1.68 bits per heavy atom. The van der Waals surface area contributed by atoms with Crippen LogP contribution in [0.15, 0.2) is 28.9 Å². The largest absolute Gasteiger partial charge is 0.507 e. The number of rotatable bonds is 2. The third-order valence-corrected chi connectivity index (χ3v) is 9.11. The fourth-order valence-corrected chi connectivity index (χ4v) is 7.75.